The topological polar surface area (TPSA) is 207 Å². The summed E-state index contributed by atoms with van der Waals surface area (Å²) in [6.07, 6.45) is -5.93. The Kier molecular flexibility index (Phi) is 20.1. The normalized spacial score (nSPS) is 18.0. The van der Waals surface area contributed by atoms with Gasteiger partial charge in [-0.25, -0.2) is 19.2 Å². The molecule has 0 spiro atoms. The number of rotatable bonds is 18. The van der Waals surface area contributed by atoms with Crippen LogP contribution < -0.4 is 9.80 Å². The maximum Gasteiger partial charge on any atom is 0.416 e. The van der Waals surface area contributed by atoms with Gasteiger partial charge in [-0.1, -0.05) is 36.4 Å². The van der Waals surface area contributed by atoms with Crippen molar-refractivity contribution in [2.24, 2.45) is 0 Å². The Morgan fingerprint density at radius 3 is 1.23 bits per heavy atom. The highest BCUT2D eigenvalue weighted by Crippen LogP contribution is 2.44. The molecule has 0 N–H and O–H groups in total. The molecule has 0 radical (unpaired) electrons. The lowest BCUT2D eigenvalue weighted by molar-refractivity contribution is -0.140. The second kappa shape index (κ2) is 27.8. The summed E-state index contributed by atoms with van der Waals surface area (Å²) < 4.78 is 94.9. The third-order valence-electron chi connectivity index (χ3n) is 16.4. The average Bonchev–Trinajstić information content (AvgIpc) is 0.768. The molecule has 4 aliphatic rings. The molecule has 2 unspecified atom stereocenters. The number of nitrogens with zero attached hydrogens (tertiary/aromatic N) is 11. The Morgan fingerprint density at radius 2 is 0.900 bits per heavy atom. The number of hydrogen-bond acceptors (Lipinski definition) is 13. The lowest BCUT2D eigenvalue weighted by Crippen LogP contribution is -2.52. The van der Waals surface area contributed by atoms with Gasteiger partial charge in [-0.2, -0.15) is 36.9 Å². The van der Waals surface area contributed by atoms with E-state index in [0.29, 0.717) is 101 Å². The van der Waals surface area contributed by atoms with Gasteiger partial charge in [-0.05, 0) is 131 Å². The largest absolute Gasteiger partial charge is 0.463 e. The first-order valence-corrected chi connectivity index (χ1v) is 29.4. The van der Waals surface area contributed by atoms with Crippen LogP contribution in [-0.4, -0.2) is 162 Å². The Balaban J connectivity index is 0.815. The fraction of sp³-hybridized carbons (Fsp3) is 0.369. The number of alkyl halides is 6. The number of piperazine rings is 2. The van der Waals surface area contributed by atoms with Gasteiger partial charge in [-0.3, -0.25) is 34.2 Å². The third kappa shape index (κ3) is 14.1. The van der Waals surface area contributed by atoms with E-state index in [0.717, 1.165) is 34.1 Å². The van der Waals surface area contributed by atoms with E-state index in [1.165, 1.54) is 66.4 Å². The predicted molar refractivity (Wildman–Crippen MR) is 317 cm³/mol. The lowest BCUT2D eigenvalue weighted by Gasteiger charge is -2.43. The van der Waals surface area contributed by atoms with E-state index >= 15 is 0 Å². The zero-order valence-corrected chi connectivity index (χ0v) is 49.9. The zero-order valence-electron chi connectivity index (χ0n) is 49.9. The number of esters is 2. The van der Waals surface area contributed by atoms with E-state index in [1.54, 1.807) is 72.2 Å². The maximum absolute atomic E-state index is 14.7. The summed E-state index contributed by atoms with van der Waals surface area (Å²) in [7, 11) is 0. The molecule has 4 aliphatic heterocycles. The molecule has 9 rings (SSSR count). The fourth-order valence-corrected chi connectivity index (χ4v) is 11.8. The molecule has 90 heavy (non-hydrogen) atoms. The van der Waals surface area contributed by atoms with Gasteiger partial charge < -0.3 is 29.1 Å². The number of pyridine rings is 1. The Morgan fingerprint density at radius 1 is 0.533 bits per heavy atom. The third-order valence-corrected chi connectivity index (χ3v) is 16.4. The number of hydrogen-bond donors (Lipinski definition) is 0. The van der Waals surface area contributed by atoms with Crippen LogP contribution >= 0.6 is 0 Å². The monoisotopic (exact) mass is 1240 g/mol. The molecule has 2 atom stereocenters. The highest BCUT2D eigenvalue weighted by Gasteiger charge is 2.46. The number of nitriles is 2. The smallest absolute Gasteiger partial charge is 0.416 e. The summed E-state index contributed by atoms with van der Waals surface area (Å²) in [6.45, 7) is 10.1. The van der Waals surface area contributed by atoms with Crippen LogP contribution in [-0.2, 0) is 31.4 Å². The van der Waals surface area contributed by atoms with Gasteiger partial charge >= 0.3 is 36.4 Å². The second-order valence-corrected chi connectivity index (χ2v) is 21.9. The van der Waals surface area contributed by atoms with Crippen LogP contribution in [0.1, 0.15) is 107 Å². The van der Waals surface area contributed by atoms with Crippen molar-refractivity contribution in [1.29, 1.82) is 10.5 Å². The van der Waals surface area contributed by atoms with Crippen LogP contribution in [0.15, 0.2) is 138 Å². The molecule has 4 aromatic carbocycles. The molecule has 19 nitrogen and oxygen atoms in total. The van der Waals surface area contributed by atoms with E-state index in [9.17, 15) is 65.6 Å². The van der Waals surface area contributed by atoms with Crippen molar-refractivity contribution >= 4 is 47.2 Å². The summed E-state index contributed by atoms with van der Waals surface area (Å²) >= 11 is 0. The molecule has 2 saturated heterocycles. The van der Waals surface area contributed by atoms with E-state index in [-0.39, 0.29) is 83.2 Å². The van der Waals surface area contributed by atoms with Crippen LogP contribution in [0.5, 0.6) is 0 Å². The van der Waals surface area contributed by atoms with Gasteiger partial charge in [0.05, 0.1) is 93.3 Å². The molecule has 6 amide bonds. The fourth-order valence-electron chi connectivity index (χ4n) is 11.8. The summed E-state index contributed by atoms with van der Waals surface area (Å²) in [5, 5.41) is 19.1. The van der Waals surface area contributed by atoms with Crippen molar-refractivity contribution in [3.63, 3.8) is 0 Å². The standard InChI is InChI=1S/C65H65F6N11O8/c1-5-89-60(85)54-42(3)81(52-13-7-11-50(36-52)64(66,67)68)62(87)79(56(54)46-19-15-44(38-72)16-20-46)25-9-23-75-27-31-77(32-28-75)58(83)48-35-49(41-74-40-48)59(84)78-33-29-76(30-34-78)24-10-26-80-57(47-21-17-45(39-73)18-22-47)55(61(86)90-6-2)43(4)82(63(80)88)53-14-8-12-51(37-53)65(69,70)71/h7-8,11-22,35-37,40-41,56-57H,5-6,9-10,23-34H2,1-4H3. The summed E-state index contributed by atoms with van der Waals surface area (Å²) in [4.78, 5) is 102. The molecule has 0 aliphatic carbocycles. The zero-order chi connectivity index (χ0) is 64.6. The lowest BCUT2D eigenvalue weighted by atomic mass is 9.92. The van der Waals surface area contributed by atoms with E-state index in [2.05, 4.69) is 26.9 Å². The summed E-state index contributed by atoms with van der Waals surface area (Å²) in [6, 6.07) is 23.5. The SMILES string of the molecule is CCOC(=O)C1=C(C)N(c2cccc(C(F)(F)F)c2)C(=O)N(CCCN2CCN(C(=O)c3cncc(C(=O)N4CCN(CCCN5C(=O)N(c6cccc(C(F)(F)F)c6)C(C)=C(C(=O)OCC)C5c5ccc(C#N)cc5)CC4)c3)CC2)C1c1ccc(C#N)cc1. The minimum absolute atomic E-state index is 0.0192. The summed E-state index contributed by atoms with van der Waals surface area (Å²) in [5.74, 6) is -2.19. The number of amides is 6. The Hall–Kier alpha value is -9.59. The molecule has 2 fully saturated rings. The van der Waals surface area contributed by atoms with Crippen molar-refractivity contribution in [3.8, 4) is 12.1 Å². The molecule has 5 aromatic rings. The number of urea groups is 2. The molecular formula is C65H65F6N11O8. The molecule has 0 saturated carbocycles. The molecule has 470 valence electrons. The van der Waals surface area contributed by atoms with Crippen LogP contribution in [0.4, 0.5) is 47.3 Å². The minimum atomic E-state index is -4.72. The van der Waals surface area contributed by atoms with E-state index in [1.807, 2.05) is 0 Å². The van der Waals surface area contributed by atoms with Crippen molar-refractivity contribution < 1.29 is 64.6 Å². The Labute approximate surface area is 516 Å². The molecule has 25 heteroatoms. The number of carbonyl (C=O) groups excluding carboxylic acids is 6. The number of carbonyl (C=O) groups is 6. The van der Waals surface area contributed by atoms with Gasteiger partial charge in [0.25, 0.3) is 11.8 Å². The van der Waals surface area contributed by atoms with Gasteiger partial charge in [-0.15, -0.1) is 0 Å². The minimum Gasteiger partial charge on any atom is -0.463 e. The van der Waals surface area contributed by atoms with Gasteiger partial charge in [0.15, 0.2) is 0 Å². The van der Waals surface area contributed by atoms with Crippen LogP contribution in [0.25, 0.3) is 0 Å². The van der Waals surface area contributed by atoms with Gasteiger partial charge in [0.2, 0.25) is 0 Å². The van der Waals surface area contributed by atoms with Crippen LogP contribution in [0, 0.1) is 22.7 Å². The molecule has 1 aromatic heterocycles. The van der Waals surface area contributed by atoms with Gasteiger partial charge in [0.1, 0.15) is 0 Å². The average molecular weight is 1240 g/mol. The number of allylic oxidation sites excluding steroid dienone is 2. The predicted octanol–water partition coefficient (Wildman–Crippen LogP) is 10.2. The van der Waals surface area contributed by atoms with E-state index in [4.69, 9.17) is 9.47 Å². The van der Waals surface area contributed by atoms with Crippen LogP contribution in [0.2, 0.25) is 0 Å². The molecule has 0 bridgehead atoms. The van der Waals surface area contributed by atoms with Crippen molar-refractivity contribution in [2.75, 3.05) is 102 Å². The number of anilines is 2. The van der Waals surface area contributed by atoms with Crippen molar-refractivity contribution in [3.05, 3.63) is 183 Å². The van der Waals surface area contributed by atoms with Gasteiger partial charge in [0, 0.05) is 89.2 Å². The number of halogens is 6. The summed E-state index contributed by atoms with van der Waals surface area (Å²) in [5.41, 5.74) is 0.166. The first-order valence-electron chi connectivity index (χ1n) is 29.4. The number of benzene rings is 4. The highest BCUT2D eigenvalue weighted by atomic mass is 19.4. The number of ether oxygens (including phenoxy) is 2. The first kappa shape index (κ1) is 64.9. The quantitative estimate of drug-likeness (QED) is 0.0592. The van der Waals surface area contributed by atoms with Crippen molar-refractivity contribution in [2.45, 2.75) is 65.0 Å². The van der Waals surface area contributed by atoms with Crippen LogP contribution in [0.3, 0.4) is 0 Å². The maximum atomic E-state index is 14.7. The molecule has 5 heterocycles. The van der Waals surface area contributed by atoms with E-state index < -0.39 is 59.6 Å². The molecular weight excluding hydrogens is 1180 g/mol. The highest BCUT2D eigenvalue weighted by molar-refractivity contribution is 6.05. The van der Waals surface area contributed by atoms with Crippen molar-refractivity contribution in [1.82, 2.24) is 34.4 Å². The number of aromatic nitrogens is 1. The second-order valence-electron chi connectivity index (χ2n) is 21.9. The first-order chi connectivity index (χ1) is 43.1. The Bertz CT molecular complexity index is 3440.